The third kappa shape index (κ3) is 2.95. The molecule has 3 N–H and O–H groups in total. The van der Waals surface area contributed by atoms with E-state index >= 15 is 0 Å². The summed E-state index contributed by atoms with van der Waals surface area (Å²) in [5, 5.41) is 9.85. The van der Waals surface area contributed by atoms with Gasteiger partial charge in [0.05, 0.1) is 24.3 Å². The lowest BCUT2D eigenvalue weighted by Gasteiger charge is -2.03. The predicted molar refractivity (Wildman–Crippen MR) is 80.8 cm³/mol. The molecule has 3 aromatic rings. The Labute approximate surface area is 129 Å². The molecule has 0 aliphatic carbocycles. The van der Waals surface area contributed by atoms with Gasteiger partial charge in [0.2, 0.25) is 0 Å². The molecule has 23 heavy (non-hydrogen) atoms. The largest absolute Gasteiger partial charge is 0.453 e. The van der Waals surface area contributed by atoms with E-state index in [1.807, 2.05) is 0 Å². The smallest absolute Gasteiger partial charge is 0.412 e. The maximum absolute atomic E-state index is 12.4. The highest BCUT2D eigenvalue weighted by molar-refractivity contribution is 5.91. The zero-order valence-electron chi connectivity index (χ0n) is 12.1. The van der Waals surface area contributed by atoms with Crippen LogP contribution in [0.4, 0.5) is 16.3 Å². The quantitative estimate of drug-likeness (QED) is 0.681. The van der Waals surface area contributed by atoms with Crippen LogP contribution in [-0.2, 0) is 11.3 Å². The Morgan fingerprint density at radius 1 is 1.39 bits per heavy atom. The molecule has 0 unspecified atom stereocenters. The Kier molecular flexibility index (Phi) is 3.63. The second-order valence-electron chi connectivity index (χ2n) is 4.67. The number of carbonyl (C=O) groups is 2. The number of hydrogen-bond donors (Lipinski definition) is 2. The zero-order valence-corrected chi connectivity index (χ0v) is 12.1. The molecular formula is C13H13N7O3. The van der Waals surface area contributed by atoms with E-state index in [0.29, 0.717) is 16.7 Å². The fourth-order valence-electron chi connectivity index (χ4n) is 2.03. The van der Waals surface area contributed by atoms with Gasteiger partial charge < -0.3 is 10.5 Å². The number of rotatable bonds is 3. The van der Waals surface area contributed by atoms with Crippen molar-refractivity contribution in [1.29, 1.82) is 0 Å². The molecule has 3 rings (SSSR count). The average Bonchev–Trinajstić information content (AvgIpc) is 3.13. The van der Waals surface area contributed by atoms with Crippen molar-refractivity contribution in [1.82, 2.24) is 24.5 Å². The first kappa shape index (κ1) is 14.5. The van der Waals surface area contributed by atoms with Gasteiger partial charge in [-0.3, -0.25) is 14.7 Å². The Hall–Kier alpha value is -3.43. The summed E-state index contributed by atoms with van der Waals surface area (Å²) in [6, 6.07) is 5.11. The van der Waals surface area contributed by atoms with Gasteiger partial charge in [0.15, 0.2) is 5.82 Å². The second-order valence-corrected chi connectivity index (χ2v) is 4.67. The van der Waals surface area contributed by atoms with Crippen LogP contribution in [0.2, 0.25) is 0 Å². The standard InChI is InChI=1S/C13H13N7O3/c1-23-13(22)16-11-5-19(18-17-11)6-12(21)20-7-15-9-4-8(14)2-3-10(9)20/h2-5,7H,6,14H2,1H3,(H,16,22). The first-order chi connectivity index (χ1) is 11.1. The minimum Gasteiger partial charge on any atom is -0.453 e. The van der Waals surface area contributed by atoms with Crippen molar-refractivity contribution in [2.45, 2.75) is 6.54 Å². The lowest BCUT2D eigenvalue weighted by atomic mass is 10.3. The number of benzene rings is 1. The van der Waals surface area contributed by atoms with E-state index in [1.54, 1.807) is 18.2 Å². The van der Waals surface area contributed by atoms with Crippen LogP contribution >= 0.6 is 0 Å². The minimum absolute atomic E-state index is 0.0638. The third-order valence-corrected chi connectivity index (χ3v) is 3.09. The van der Waals surface area contributed by atoms with Gasteiger partial charge in [0.1, 0.15) is 12.9 Å². The van der Waals surface area contributed by atoms with Gasteiger partial charge in [0.25, 0.3) is 5.91 Å². The number of nitrogens with one attached hydrogen (secondary N) is 1. The summed E-state index contributed by atoms with van der Waals surface area (Å²) in [5.74, 6) is -0.0697. The molecule has 118 valence electrons. The number of anilines is 2. The van der Waals surface area contributed by atoms with Crippen LogP contribution in [0.25, 0.3) is 11.0 Å². The summed E-state index contributed by atoms with van der Waals surface area (Å²) < 4.78 is 7.15. The molecule has 1 amide bonds. The number of ether oxygens (including phenoxy) is 1. The fourth-order valence-corrected chi connectivity index (χ4v) is 2.03. The molecule has 10 heteroatoms. The number of hydrogen-bond acceptors (Lipinski definition) is 7. The summed E-state index contributed by atoms with van der Waals surface area (Å²) in [6.45, 7) is -0.0638. The van der Waals surface area contributed by atoms with E-state index in [1.165, 1.54) is 28.9 Å². The van der Waals surface area contributed by atoms with Gasteiger partial charge in [-0.15, -0.1) is 5.10 Å². The molecule has 0 bridgehead atoms. The van der Waals surface area contributed by atoms with E-state index in [0.717, 1.165) is 0 Å². The molecule has 1 aromatic carbocycles. The van der Waals surface area contributed by atoms with Crippen LogP contribution in [0, 0.1) is 0 Å². The summed E-state index contributed by atoms with van der Waals surface area (Å²) >= 11 is 0. The van der Waals surface area contributed by atoms with Crippen LogP contribution in [0.15, 0.2) is 30.7 Å². The summed E-state index contributed by atoms with van der Waals surface area (Å²) in [4.78, 5) is 27.6. The van der Waals surface area contributed by atoms with Crippen LogP contribution in [0.1, 0.15) is 4.79 Å². The van der Waals surface area contributed by atoms with Crippen LogP contribution in [0.5, 0.6) is 0 Å². The number of imidazole rings is 1. The maximum Gasteiger partial charge on any atom is 0.412 e. The molecular weight excluding hydrogens is 302 g/mol. The zero-order chi connectivity index (χ0) is 16.4. The average molecular weight is 315 g/mol. The molecule has 0 saturated carbocycles. The lowest BCUT2D eigenvalue weighted by molar-refractivity contribution is 0.0890. The Balaban J connectivity index is 1.77. The molecule has 2 heterocycles. The van der Waals surface area contributed by atoms with E-state index in [4.69, 9.17) is 5.73 Å². The molecule has 0 spiro atoms. The van der Waals surface area contributed by atoms with Crippen molar-refractivity contribution in [3.05, 3.63) is 30.7 Å². The van der Waals surface area contributed by atoms with E-state index in [9.17, 15) is 9.59 Å². The first-order valence-corrected chi connectivity index (χ1v) is 6.57. The fraction of sp³-hybridized carbons (Fsp3) is 0.154. The highest BCUT2D eigenvalue weighted by atomic mass is 16.5. The summed E-state index contributed by atoms with van der Waals surface area (Å²) in [5.41, 5.74) is 7.54. The number of fused-ring (bicyclic) bond motifs is 1. The number of methoxy groups -OCH3 is 1. The normalized spacial score (nSPS) is 10.7. The van der Waals surface area contributed by atoms with Crippen LogP contribution in [0.3, 0.4) is 0 Å². The Morgan fingerprint density at radius 3 is 3.00 bits per heavy atom. The molecule has 10 nitrogen and oxygen atoms in total. The molecule has 0 aliphatic rings. The number of carbonyl (C=O) groups excluding carboxylic acids is 2. The molecule has 0 saturated heterocycles. The van der Waals surface area contributed by atoms with Gasteiger partial charge in [0, 0.05) is 5.69 Å². The monoisotopic (exact) mass is 315 g/mol. The van der Waals surface area contributed by atoms with Crippen molar-refractivity contribution in [2.75, 3.05) is 18.2 Å². The number of amides is 1. The molecule has 0 atom stereocenters. The van der Waals surface area contributed by atoms with Gasteiger partial charge in [-0.25, -0.2) is 14.5 Å². The summed E-state index contributed by atoms with van der Waals surface area (Å²) in [7, 11) is 1.24. The number of nitrogens with zero attached hydrogens (tertiary/aromatic N) is 5. The van der Waals surface area contributed by atoms with Crippen molar-refractivity contribution >= 4 is 34.5 Å². The van der Waals surface area contributed by atoms with Crippen molar-refractivity contribution in [3.8, 4) is 0 Å². The van der Waals surface area contributed by atoms with Crippen molar-refractivity contribution in [2.24, 2.45) is 0 Å². The van der Waals surface area contributed by atoms with Crippen LogP contribution in [-0.4, -0.2) is 43.7 Å². The number of nitrogens with two attached hydrogens (primary N) is 1. The summed E-state index contributed by atoms with van der Waals surface area (Å²) in [6.07, 6.45) is 2.18. The molecule has 2 aromatic heterocycles. The van der Waals surface area contributed by atoms with E-state index < -0.39 is 6.09 Å². The van der Waals surface area contributed by atoms with Gasteiger partial charge in [-0.05, 0) is 18.2 Å². The highest BCUT2D eigenvalue weighted by Crippen LogP contribution is 2.16. The van der Waals surface area contributed by atoms with E-state index in [2.05, 4.69) is 25.3 Å². The third-order valence-electron chi connectivity index (χ3n) is 3.09. The van der Waals surface area contributed by atoms with Gasteiger partial charge >= 0.3 is 6.09 Å². The second kappa shape index (κ2) is 5.75. The minimum atomic E-state index is -0.665. The number of nitrogen functional groups attached to an aromatic ring is 1. The highest BCUT2D eigenvalue weighted by Gasteiger charge is 2.13. The lowest BCUT2D eigenvalue weighted by Crippen LogP contribution is -2.17. The molecule has 0 radical (unpaired) electrons. The Morgan fingerprint density at radius 2 is 2.22 bits per heavy atom. The SMILES string of the molecule is COC(=O)Nc1cn(CC(=O)n2cnc3cc(N)ccc32)nn1. The Bertz CT molecular complexity index is 883. The van der Waals surface area contributed by atoms with Gasteiger partial charge in [-0.2, -0.15) is 0 Å². The molecule has 0 aliphatic heterocycles. The molecule has 0 fully saturated rings. The van der Waals surface area contributed by atoms with E-state index in [-0.39, 0.29) is 18.3 Å². The first-order valence-electron chi connectivity index (χ1n) is 6.57. The van der Waals surface area contributed by atoms with Gasteiger partial charge in [-0.1, -0.05) is 5.21 Å². The van der Waals surface area contributed by atoms with Crippen molar-refractivity contribution in [3.63, 3.8) is 0 Å². The maximum atomic E-state index is 12.4. The number of aromatic nitrogens is 5. The van der Waals surface area contributed by atoms with Crippen molar-refractivity contribution < 1.29 is 14.3 Å². The van der Waals surface area contributed by atoms with Crippen LogP contribution < -0.4 is 11.1 Å². The predicted octanol–water partition coefficient (Wildman–Crippen LogP) is 0.729. The topological polar surface area (TPSA) is 130 Å².